The van der Waals surface area contributed by atoms with Crippen LogP contribution in [-0.4, -0.2) is 12.6 Å². The van der Waals surface area contributed by atoms with Crippen LogP contribution >= 0.6 is 0 Å². The van der Waals surface area contributed by atoms with Crippen LogP contribution in [0, 0.1) is 0 Å². The lowest BCUT2D eigenvalue weighted by molar-refractivity contribution is -0.140. The van der Waals surface area contributed by atoms with Gasteiger partial charge in [0.25, 0.3) is 0 Å². The van der Waals surface area contributed by atoms with E-state index < -0.39 is 0 Å². The van der Waals surface area contributed by atoms with Crippen LogP contribution in [0.15, 0.2) is 11.6 Å². The highest BCUT2D eigenvalue weighted by Crippen LogP contribution is 2.06. The van der Waals surface area contributed by atoms with Crippen molar-refractivity contribution in [3.63, 3.8) is 0 Å². The molecule has 0 heterocycles. The van der Waals surface area contributed by atoms with Gasteiger partial charge < -0.3 is 4.74 Å². The van der Waals surface area contributed by atoms with Crippen LogP contribution in [0.3, 0.4) is 0 Å². The Bertz CT molecular complexity index is 159. The molecule has 0 aliphatic heterocycles. The number of rotatable bonds is 5. The van der Waals surface area contributed by atoms with Crippen molar-refractivity contribution in [3.8, 4) is 0 Å². The zero-order valence-corrected chi connectivity index (χ0v) is 8.22. The highest BCUT2D eigenvalue weighted by Gasteiger charge is 1.97. The van der Waals surface area contributed by atoms with Crippen molar-refractivity contribution in [2.75, 3.05) is 6.61 Å². The molecule has 2 nitrogen and oxygen atoms in total. The Morgan fingerprint density at radius 2 is 2.08 bits per heavy atom. The van der Waals surface area contributed by atoms with Gasteiger partial charge in [0.2, 0.25) is 0 Å². The minimum atomic E-state index is -0.201. The number of hydrogen-bond acceptors (Lipinski definition) is 2. The smallest absolute Gasteiger partial charge is 0.302 e. The Balaban J connectivity index is 3.79. The number of hydrogen-bond donors (Lipinski definition) is 0. The van der Waals surface area contributed by atoms with Gasteiger partial charge in [-0.15, -0.1) is 0 Å². The molecule has 2 heteroatoms. The van der Waals surface area contributed by atoms with Gasteiger partial charge in [-0.1, -0.05) is 26.3 Å². The van der Waals surface area contributed by atoms with Crippen LogP contribution in [0.5, 0.6) is 0 Å². The summed E-state index contributed by atoms with van der Waals surface area (Å²) in [6.07, 6.45) is 5.28. The average molecular weight is 170 g/mol. The zero-order valence-electron chi connectivity index (χ0n) is 8.22. The summed E-state index contributed by atoms with van der Waals surface area (Å²) < 4.78 is 4.90. The largest absolute Gasteiger partial charge is 0.461 e. The van der Waals surface area contributed by atoms with E-state index in [0.717, 1.165) is 19.3 Å². The fraction of sp³-hybridized carbons (Fsp3) is 0.700. The van der Waals surface area contributed by atoms with Crippen molar-refractivity contribution in [1.29, 1.82) is 0 Å². The second kappa shape index (κ2) is 6.89. The predicted molar refractivity (Wildman–Crippen MR) is 49.9 cm³/mol. The molecule has 0 aromatic rings. The Morgan fingerprint density at radius 3 is 2.50 bits per heavy atom. The van der Waals surface area contributed by atoms with Crippen molar-refractivity contribution < 1.29 is 9.53 Å². The summed E-state index contributed by atoms with van der Waals surface area (Å²) in [6.45, 7) is 6.12. The van der Waals surface area contributed by atoms with E-state index in [9.17, 15) is 4.79 Å². The number of esters is 1. The van der Waals surface area contributed by atoms with Gasteiger partial charge in [0.05, 0.1) is 0 Å². The first-order chi connectivity index (χ1) is 5.70. The van der Waals surface area contributed by atoms with E-state index in [1.165, 1.54) is 12.5 Å². The third kappa shape index (κ3) is 5.96. The lowest BCUT2D eigenvalue weighted by atomic mass is 10.1. The molecule has 12 heavy (non-hydrogen) atoms. The molecule has 70 valence electrons. The minimum absolute atomic E-state index is 0.201. The Morgan fingerprint density at radius 1 is 1.42 bits per heavy atom. The van der Waals surface area contributed by atoms with Crippen LogP contribution in [0.4, 0.5) is 0 Å². The molecule has 0 saturated heterocycles. The fourth-order valence-corrected chi connectivity index (χ4v) is 1.04. The Kier molecular flexibility index (Phi) is 6.44. The first kappa shape index (κ1) is 11.2. The average Bonchev–Trinajstić information content (AvgIpc) is 2.01. The van der Waals surface area contributed by atoms with Crippen molar-refractivity contribution in [1.82, 2.24) is 0 Å². The van der Waals surface area contributed by atoms with Gasteiger partial charge in [0, 0.05) is 6.92 Å². The number of ether oxygens (including phenoxy) is 1. The van der Waals surface area contributed by atoms with Crippen LogP contribution in [0.1, 0.15) is 40.0 Å². The van der Waals surface area contributed by atoms with Crippen LogP contribution in [0.25, 0.3) is 0 Å². The molecular weight excluding hydrogens is 152 g/mol. The second-order valence-electron chi connectivity index (χ2n) is 2.80. The molecule has 0 radical (unpaired) electrons. The molecule has 0 rings (SSSR count). The third-order valence-corrected chi connectivity index (χ3v) is 1.52. The monoisotopic (exact) mass is 170 g/mol. The van der Waals surface area contributed by atoms with E-state index in [1.54, 1.807) is 0 Å². The standard InChI is InChI=1S/C10H18O2/c1-4-6-10(7-5-2)8-12-9(3)11/h6H,4-5,7-8H2,1-3H3. The summed E-state index contributed by atoms with van der Waals surface area (Å²) in [7, 11) is 0. The SMILES string of the molecule is CCC=C(CCC)COC(C)=O. The van der Waals surface area contributed by atoms with E-state index in [4.69, 9.17) is 4.74 Å². The molecule has 0 aliphatic rings. The summed E-state index contributed by atoms with van der Waals surface area (Å²) in [5, 5.41) is 0. The normalized spacial score (nSPS) is 11.4. The van der Waals surface area contributed by atoms with Crippen molar-refractivity contribution >= 4 is 5.97 Å². The van der Waals surface area contributed by atoms with Gasteiger partial charge in [0.1, 0.15) is 6.61 Å². The summed E-state index contributed by atoms with van der Waals surface area (Å²) in [5.74, 6) is -0.201. The van der Waals surface area contributed by atoms with Crippen molar-refractivity contribution in [3.05, 3.63) is 11.6 Å². The molecule has 0 aromatic carbocycles. The molecule has 0 aliphatic carbocycles. The number of allylic oxidation sites excluding steroid dienone is 1. The second-order valence-corrected chi connectivity index (χ2v) is 2.80. The first-order valence-corrected chi connectivity index (χ1v) is 4.52. The van der Waals surface area contributed by atoms with E-state index >= 15 is 0 Å². The maximum atomic E-state index is 10.5. The lowest BCUT2D eigenvalue weighted by Crippen LogP contribution is -2.03. The lowest BCUT2D eigenvalue weighted by Gasteiger charge is -2.05. The summed E-state index contributed by atoms with van der Waals surface area (Å²) in [4.78, 5) is 10.5. The molecule has 0 N–H and O–H groups in total. The van der Waals surface area contributed by atoms with Crippen LogP contribution in [0.2, 0.25) is 0 Å². The summed E-state index contributed by atoms with van der Waals surface area (Å²) >= 11 is 0. The van der Waals surface area contributed by atoms with Crippen molar-refractivity contribution in [2.24, 2.45) is 0 Å². The predicted octanol–water partition coefficient (Wildman–Crippen LogP) is 2.69. The maximum Gasteiger partial charge on any atom is 0.302 e. The van der Waals surface area contributed by atoms with Gasteiger partial charge in [0.15, 0.2) is 0 Å². The molecule has 0 unspecified atom stereocenters. The molecule has 0 aromatic heterocycles. The van der Waals surface area contributed by atoms with Gasteiger partial charge in [-0.25, -0.2) is 0 Å². The van der Waals surface area contributed by atoms with Crippen LogP contribution < -0.4 is 0 Å². The molecule has 0 amide bonds. The van der Waals surface area contributed by atoms with Crippen LogP contribution in [-0.2, 0) is 9.53 Å². The molecule has 0 atom stereocenters. The Hall–Kier alpha value is -0.790. The number of carbonyl (C=O) groups excluding carboxylic acids is 1. The van der Waals surface area contributed by atoms with Gasteiger partial charge in [-0.2, -0.15) is 0 Å². The van der Waals surface area contributed by atoms with Gasteiger partial charge in [-0.3, -0.25) is 4.79 Å². The topological polar surface area (TPSA) is 26.3 Å². The Labute approximate surface area is 74.6 Å². The molecule has 0 bridgehead atoms. The molecule has 0 fully saturated rings. The highest BCUT2D eigenvalue weighted by atomic mass is 16.5. The van der Waals surface area contributed by atoms with Gasteiger partial charge >= 0.3 is 5.97 Å². The summed E-state index contributed by atoms with van der Waals surface area (Å²) in [5.41, 5.74) is 1.23. The summed E-state index contributed by atoms with van der Waals surface area (Å²) in [6, 6.07) is 0. The zero-order chi connectivity index (χ0) is 9.40. The van der Waals surface area contributed by atoms with Gasteiger partial charge in [-0.05, 0) is 18.4 Å². The molecule has 0 spiro atoms. The minimum Gasteiger partial charge on any atom is -0.461 e. The van der Waals surface area contributed by atoms with E-state index in [0.29, 0.717) is 6.61 Å². The third-order valence-electron chi connectivity index (χ3n) is 1.52. The highest BCUT2D eigenvalue weighted by molar-refractivity contribution is 5.66. The van der Waals surface area contributed by atoms with E-state index in [-0.39, 0.29) is 5.97 Å². The fourth-order valence-electron chi connectivity index (χ4n) is 1.04. The number of carbonyl (C=O) groups is 1. The van der Waals surface area contributed by atoms with E-state index in [1.807, 2.05) is 0 Å². The maximum absolute atomic E-state index is 10.5. The molecule has 0 saturated carbocycles. The van der Waals surface area contributed by atoms with E-state index in [2.05, 4.69) is 19.9 Å². The van der Waals surface area contributed by atoms with Crippen molar-refractivity contribution in [2.45, 2.75) is 40.0 Å². The quantitative estimate of drug-likeness (QED) is 0.468. The molecular formula is C10H18O2. The first-order valence-electron chi connectivity index (χ1n) is 4.52.